The molecule has 29 heavy (non-hydrogen) atoms. The second kappa shape index (κ2) is 13.7. The Morgan fingerprint density at radius 1 is 1.21 bits per heavy atom. The monoisotopic (exact) mass is 523 g/mol. The number of hydrogen-bond acceptors (Lipinski definition) is 3. The van der Waals surface area contributed by atoms with Crippen molar-refractivity contribution in [2.45, 2.75) is 38.6 Å². The molecule has 0 saturated carbocycles. The predicted octanol–water partition coefficient (Wildman–Crippen LogP) is 2.28. The van der Waals surface area contributed by atoms with E-state index in [1.54, 1.807) is 13.1 Å². The average molecular weight is 523 g/mol. The van der Waals surface area contributed by atoms with E-state index in [0.717, 1.165) is 45.0 Å². The molecule has 1 amide bonds. The van der Waals surface area contributed by atoms with Crippen molar-refractivity contribution in [2.75, 3.05) is 39.8 Å². The van der Waals surface area contributed by atoms with Gasteiger partial charge in [0, 0.05) is 39.3 Å². The highest BCUT2D eigenvalue weighted by Gasteiger charge is 2.21. The van der Waals surface area contributed by atoms with Crippen molar-refractivity contribution in [2.24, 2.45) is 4.99 Å². The van der Waals surface area contributed by atoms with Gasteiger partial charge in [0.2, 0.25) is 5.91 Å². The van der Waals surface area contributed by atoms with Crippen LogP contribution in [0.1, 0.15) is 31.7 Å². The molecule has 1 aromatic carbocycles. The molecule has 1 aromatic rings. The standard InChI is InChI=1S/C20H31F2N5O.HI/c1-3-10-24-18(28)14-27-12-8-16(9-13-27)26-20(23-2)25-11-7-15-5-4-6-17(21)19(15)22;/h4-6,16H,3,7-14H2,1-2H3,(H,24,28)(H2,23,25,26);1H. The Labute approximate surface area is 188 Å². The van der Waals surface area contributed by atoms with Gasteiger partial charge in [0.05, 0.1) is 6.54 Å². The fraction of sp³-hybridized carbons (Fsp3) is 0.600. The zero-order valence-electron chi connectivity index (χ0n) is 17.1. The summed E-state index contributed by atoms with van der Waals surface area (Å²) in [6.07, 6.45) is 3.14. The first-order valence-corrected chi connectivity index (χ1v) is 9.92. The number of likely N-dealkylation sites (tertiary alicyclic amines) is 1. The molecule has 1 aliphatic rings. The molecule has 0 aliphatic carbocycles. The Balaban J connectivity index is 0.00000420. The van der Waals surface area contributed by atoms with E-state index in [1.807, 2.05) is 6.92 Å². The van der Waals surface area contributed by atoms with Gasteiger partial charge in [-0.15, -0.1) is 24.0 Å². The molecule has 1 aliphatic heterocycles. The Bertz CT molecular complexity index is 666. The summed E-state index contributed by atoms with van der Waals surface area (Å²) in [6.45, 7) is 5.35. The minimum atomic E-state index is -0.824. The van der Waals surface area contributed by atoms with Crippen LogP contribution in [0.2, 0.25) is 0 Å². The van der Waals surface area contributed by atoms with Crippen molar-refractivity contribution in [3.05, 3.63) is 35.4 Å². The number of rotatable bonds is 8. The third-order valence-electron chi connectivity index (χ3n) is 4.81. The van der Waals surface area contributed by atoms with Crippen molar-refractivity contribution in [3.8, 4) is 0 Å². The minimum absolute atomic E-state index is 0. The van der Waals surface area contributed by atoms with E-state index in [-0.39, 0.29) is 35.9 Å². The van der Waals surface area contributed by atoms with Gasteiger partial charge in [-0.05, 0) is 37.3 Å². The second-order valence-corrected chi connectivity index (χ2v) is 7.01. The van der Waals surface area contributed by atoms with Gasteiger partial charge in [0.1, 0.15) is 0 Å². The van der Waals surface area contributed by atoms with Crippen LogP contribution < -0.4 is 16.0 Å². The number of benzene rings is 1. The normalized spacial score (nSPS) is 15.5. The first-order valence-electron chi connectivity index (χ1n) is 9.92. The lowest BCUT2D eigenvalue weighted by Gasteiger charge is -2.32. The number of carbonyl (C=O) groups excluding carboxylic acids is 1. The number of guanidine groups is 1. The van der Waals surface area contributed by atoms with Gasteiger partial charge in [-0.2, -0.15) is 0 Å². The highest BCUT2D eigenvalue weighted by Crippen LogP contribution is 2.12. The van der Waals surface area contributed by atoms with Gasteiger partial charge in [-0.1, -0.05) is 19.1 Å². The smallest absolute Gasteiger partial charge is 0.234 e. The molecule has 0 unspecified atom stereocenters. The molecule has 2 rings (SSSR count). The van der Waals surface area contributed by atoms with E-state index in [1.165, 1.54) is 6.07 Å². The van der Waals surface area contributed by atoms with Crippen LogP contribution in [-0.2, 0) is 11.2 Å². The zero-order chi connectivity index (χ0) is 20.4. The number of nitrogens with zero attached hydrogens (tertiary/aromatic N) is 2. The molecule has 1 heterocycles. The summed E-state index contributed by atoms with van der Waals surface area (Å²) in [4.78, 5) is 18.2. The molecule has 9 heteroatoms. The number of nitrogens with one attached hydrogen (secondary N) is 3. The zero-order valence-corrected chi connectivity index (χ0v) is 19.5. The van der Waals surface area contributed by atoms with Crippen molar-refractivity contribution < 1.29 is 13.6 Å². The minimum Gasteiger partial charge on any atom is -0.356 e. The first-order chi connectivity index (χ1) is 13.5. The van der Waals surface area contributed by atoms with Gasteiger partial charge in [0.25, 0.3) is 0 Å². The number of piperidine rings is 1. The Hall–Kier alpha value is -1.49. The number of halogens is 3. The van der Waals surface area contributed by atoms with Crippen molar-refractivity contribution in [3.63, 3.8) is 0 Å². The van der Waals surface area contributed by atoms with Gasteiger partial charge in [-0.25, -0.2) is 8.78 Å². The van der Waals surface area contributed by atoms with Crippen LogP contribution in [0.25, 0.3) is 0 Å². The Morgan fingerprint density at radius 2 is 1.93 bits per heavy atom. The van der Waals surface area contributed by atoms with E-state index in [9.17, 15) is 13.6 Å². The van der Waals surface area contributed by atoms with Gasteiger partial charge >= 0.3 is 0 Å². The number of amides is 1. The molecule has 3 N–H and O–H groups in total. The second-order valence-electron chi connectivity index (χ2n) is 7.01. The van der Waals surface area contributed by atoms with Crippen molar-refractivity contribution >= 4 is 35.8 Å². The summed E-state index contributed by atoms with van der Waals surface area (Å²) in [5.41, 5.74) is 0.345. The van der Waals surface area contributed by atoms with Gasteiger partial charge < -0.3 is 16.0 Å². The fourth-order valence-electron chi connectivity index (χ4n) is 3.20. The fourth-order valence-corrected chi connectivity index (χ4v) is 3.20. The van der Waals surface area contributed by atoms with Crippen LogP contribution in [0, 0.1) is 11.6 Å². The lowest BCUT2D eigenvalue weighted by molar-refractivity contribution is -0.122. The molecule has 1 saturated heterocycles. The van der Waals surface area contributed by atoms with Crippen LogP contribution in [0.3, 0.4) is 0 Å². The topological polar surface area (TPSA) is 68.8 Å². The number of carbonyl (C=O) groups is 1. The van der Waals surface area contributed by atoms with Crippen LogP contribution in [0.4, 0.5) is 8.78 Å². The highest BCUT2D eigenvalue weighted by molar-refractivity contribution is 14.0. The Morgan fingerprint density at radius 3 is 2.59 bits per heavy atom. The molecule has 0 spiro atoms. The highest BCUT2D eigenvalue weighted by atomic mass is 127. The third kappa shape index (κ3) is 8.81. The molecular weight excluding hydrogens is 491 g/mol. The summed E-state index contributed by atoms with van der Waals surface area (Å²) in [7, 11) is 1.69. The molecule has 0 radical (unpaired) electrons. The molecule has 164 valence electrons. The first kappa shape index (κ1) is 25.5. The molecule has 0 atom stereocenters. The number of hydrogen-bond donors (Lipinski definition) is 3. The third-order valence-corrected chi connectivity index (χ3v) is 4.81. The lowest BCUT2D eigenvalue weighted by Crippen LogP contribution is -2.50. The summed E-state index contributed by atoms with van der Waals surface area (Å²) in [5, 5.41) is 9.42. The average Bonchev–Trinajstić information content (AvgIpc) is 2.70. The Kier molecular flexibility index (Phi) is 12.1. The van der Waals surface area contributed by atoms with E-state index < -0.39 is 11.6 Å². The van der Waals surface area contributed by atoms with E-state index in [4.69, 9.17) is 0 Å². The van der Waals surface area contributed by atoms with Crippen molar-refractivity contribution in [1.29, 1.82) is 0 Å². The van der Waals surface area contributed by atoms with E-state index >= 15 is 0 Å². The maximum Gasteiger partial charge on any atom is 0.234 e. The predicted molar refractivity (Wildman–Crippen MR) is 123 cm³/mol. The summed E-state index contributed by atoms with van der Waals surface area (Å²) in [5.74, 6) is -0.885. The molecule has 1 fully saturated rings. The molecule has 6 nitrogen and oxygen atoms in total. The maximum atomic E-state index is 13.7. The van der Waals surface area contributed by atoms with Crippen LogP contribution in [-0.4, -0.2) is 62.6 Å². The molecule has 0 aromatic heterocycles. The molecular formula is C20H32F2IN5O. The van der Waals surface area contributed by atoms with Crippen LogP contribution in [0.5, 0.6) is 0 Å². The van der Waals surface area contributed by atoms with Crippen LogP contribution >= 0.6 is 24.0 Å². The SMILES string of the molecule is CCCNC(=O)CN1CCC(NC(=NC)NCCc2cccc(F)c2F)CC1.I. The van der Waals surface area contributed by atoms with Gasteiger partial charge in [0.15, 0.2) is 17.6 Å². The maximum absolute atomic E-state index is 13.7. The van der Waals surface area contributed by atoms with Gasteiger partial charge in [-0.3, -0.25) is 14.7 Å². The number of aliphatic imine (C=N–C) groups is 1. The lowest BCUT2D eigenvalue weighted by atomic mass is 10.1. The van der Waals surface area contributed by atoms with E-state index in [2.05, 4.69) is 25.8 Å². The summed E-state index contributed by atoms with van der Waals surface area (Å²) in [6, 6.07) is 4.49. The van der Waals surface area contributed by atoms with Crippen LogP contribution in [0.15, 0.2) is 23.2 Å². The largest absolute Gasteiger partial charge is 0.356 e. The quantitative estimate of drug-likeness (QED) is 0.278. The summed E-state index contributed by atoms with van der Waals surface area (Å²) >= 11 is 0. The molecule has 0 bridgehead atoms. The van der Waals surface area contributed by atoms with E-state index in [0.29, 0.717) is 31.0 Å². The summed E-state index contributed by atoms with van der Waals surface area (Å²) < 4.78 is 26.9. The van der Waals surface area contributed by atoms with Crippen molar-refractivity contribution in [1.82, 2.24) is 20.9 Å².